The molecule has 1 fully saturated rings. The van der Waals surface area contributed by atoms with Gasteiger partial charge < -0.3 is 0 Å². The van der Waals surface area contributed by atoms with E-state index in [0.717, 1.165) is 34.8 Å². The molecule has 0 bridgehead atoms. The molecular weight excluding hydrogens is 398 g/mol. The maximum absolute atomic E-state index is 5.82. The molecule has 1 aliphatic rings. The predicted molar refractivity (Wildman–Crippen MR) is 120 cm³/mol. The molecule has 7 heteroatoms. The fraction of sp³-hybridized carbons (Fsp3) is 0.318. The van der Waals surface area contributed by atoms with Gasteiger partial charge in [-0.2, -0.15) is 5.10 Å². The maximum Gasteiger partial charge on any atom is 0.203 e. The average molecular weight is 422 g/mol. The van der Waals surface area contributed by atoms with Crippen LogP contribution in [0.25, 0.3) is 15.9 Å². The van der Waals surface area contributed by atoms with Gasteiger partial charge in [0.15, 0.2) is 0 Å². The van der Waals surface area contributed by atoms with E-state index in [2.05, 4.69) is 58.9 Å². The summed E-state index contributed by atoms with van der Waals surface area (Å²) in [6.07, 6.45) is 2.30. The summed E-state index contributed by atoms with van der Waals surface area (Å²) in [5.41, 5.74) is 3.39. The Hall–Kier alpha value is -2.35. The molecule has 0 spiro atoms. The number of aromatic nitrogens is 4. The second-order valence-electron chi connectivity index (χ2n) is 7.58. The van der Waals surface area contributed by atoms with E-state index in [4.69, 9.17) is 22.3 Å². The van der Waals surface area contributed by atoms with Gasteiger partial charge in [-0.05, 0) is 62.7 Å². The van der Waals surface area contributed by atoms with Crippen LogP contribution in [0.3, 0.4) is 0 Å². The first-order valence-corrected chi connectivity index (χ1v) is 11.2. The first-order chi connectivity index (χ1) is 14.1. The lowest BCUT2D eigenvalue weighted by molar-refractivity contribution is 0.189. The van der Waals surface area contributed by atoms with Crippen molar-refractivity contribution in [2.45, 2.75) is 39.4 Å². The van der Waals surface area contributed by atoms with Gasteiger partial charge in [-0.25, -0.2) is 9.67 Å². The van der Waals surface area contributed by atoms with Gasteiger partial charge in [-0.15, -0.1) is 11.3 Å². The largest absolute Gasteiger partial charge is 0.275 e. The van der Waals surface area contributed by atoms with Gasteiger partial charge in [0.05, 0.1) is 28.6 Å². The number of hydrogen-bond donors (Lipinski definition) is 0. The van der Waals surface area contributed by atoms with Crippen molar-refractivity contribution in [2.75, 3.05) is 6.54 Å². The van der Waals surface area contributed by atoms with Crippen LogP contribution >= 0.6 is 23.6 Å². The molecule has 2 aromatic heterocycles. The number of hydrogen-bond acceptors (Lipinski definition) is 5. The molecule has 0 amide bonds. The fourth-order valence-corrected chi connectivity index (χ4v) is 5.65. The maximum atomic E-state index is 5.82. The third kappa shape index (κ3) is 3.33. The monoisotopic (exact) mass is 421 g/mol. The summed E-state index contributed by atoms with van der Waals surface area (Å²) in [6.45, 7) is 5.86. The van der Waals surface area contributed by atoms with Gasteiger partial charge in [0, 0.05) is 6.54 Å². The normalized spacial score (nSPS) is 17.4. The van der Waals surface area contributed by atoms with Gasteiger partial charge in [0.1, 0.15) is 10.8 Å². The molecule has 5 nitrogen and oxygen atoms in total. The molecule has 148 valence electrons. The molecule has 2 aromatic carbocycles. The minimum absolute atomic E-state index is 0.332. The lowest BCUT2D eigenvalue weighted by Crippen LogP contribution is -2.27. The van der Waals surface area contributed by atoms with Gasteiger partial charge in [-0.1, -0.05) is 30.3 Å². The van der Waals surface area contributed by atoms with E-state index >= 15 is 0 Å². The minimum atomic E-state index is 0.332. The Morgan fingerprint density at radius 2 is 1.90 bits per heavy atom. The van der Waals surface area contributed by atoms with Crippen molar-refractivity contribution >= 4 is 33.8 Å². The average Bonchev–Trinajstić information content (AvgIpc) is 3.41. The van der Waals surface area contributed by atoms with Crippen LogP contribution in [0.1, 0.15) is 35.3 Å². The smallest absolute Gasteiger partial charge is 0.203 e. The molecule has 29 heavy (non-hydrogen) atoms. The third-order valence-corrected chi connectivity index (χ3v) is 7.16. The zero-order valence-electron chi connectivity index (χ0n) is 16.6. The van der Waals surface area contributed by atoms with Crippen LogP contribution in [0.4, 0.5) is 0 Å². The van der Waals surface area contributed by atoms with Crippen molar-refractivity contribution in [3.05, 3.63) is 69.7 Å². The van der Waals surface area contributed by atoms with Crippen LogP contribution in [0, 0.1) is 18.6 Å². The van der Waals surface area contributed by atoms with Crippen molar-refractivity contribution in [2.24, 2.45) is 0 Å². The van der Waals surface area contributed by atoms with Crippen LogP contribution < -0.4 is 0 Å². The zero-order chi connectivity index (χ0) is 20.0. The van der Waals surface area contributed by atoms with Crippen LogP contribution in [-0.2, 0) is 6.67 Å². The Kier molecular flexibility index (Phi) is 4.81. The summed E-state index contributed by atoms with van der Waals surface area (Å²) >= 11 is 7.63. The van der Waals surface area contributed by atoms with Gasteiger partial charge in [-0.3, -0.25) is 9.47 Å². The Bertz CT molecular complexity index is 1200. The molecular formula is C22H23N5S2. The Morgan fingerprint density at radius 1 is 1.10 bits per heavy atom. The SMILES string of the molecule is Cc1ccccc1-n1c(C)nn(CN2CCC[C@H]2c2nc3ccccc3s2)c1=S. The van der Waals surface area contributed by atoms with E-state index in [1.54, 1.807) is 11.3 Å². The van der Waals surface area contributed by atoms with Crippen molar-refractivity contribution in [3.63, 3.8) is 0 Å². The number of fused-ring (bicyclic) bond motifs is 1. The summed E-state index contributed by atoms with van der Waals surface area (Å²) in [7, 11) is 0. The van der Waals surface area contributed by atoms with Crippen molar-refractivity contribution < 1.29 is 0 Å². The summed E-state index contributed by atoms with van der Waals surface area (Å²) in [6, 6.07) is 17.0. The van der Waals surface area contributed by atoms with Gasteiger partial charge >= 0.3 is 0 Å². The molecule has 3 heterocycles. The Labute approximate surface area is 179 Å². The van der Waals surface area contributed by atoms with Gasteiger partial charge in [0.25, 0.3) is 0 Å². The second kappa shape index (κ2) is 7.48. The number of thiazole rings is 1. The van der Waals surface area contributed by atoms with Crippen LogP contribution in [-0.4, -0.2) is 30.8 Å². The molecule has 0 N–H and O–H groups in total. The van der Waals surface area contributed by atoms with E-state index in [-0.39, 0.29) is 0 Å². The first-order valence-electron chi connectivity index (χ1n) is 9.94. The Morgan fingerprint density at radius 3 is 2.72 bits per heavy atom. The summed E-state index contributed by atoms with van der Waals surface area (Å²) < 4.78 is 6.04. The number of nitrogens with zero attached hydrogens (tertiary/aromatic N) is 5. The zero-order valence-corrected chi connectivity index (χ0v) is 18.2. The summed E-state index contributed by atoms with van der Waals surface area (Å²) in [4.78, 5) is 7.37. The molecule has 1 aliphatic heterocycles. The number of aryl methyl sites for hydroxylation is 2. The van der Waals surface area contributed by atoms with Crippen molar-refractivity contribution in [1.29, 1.82) is 0 Å². The molecule has 1 saturated heterocycles. The second-order valence-corrected chi connectivity index (χ2v) is 9.01. The van der Waals surface area contributed by atoms with Crippen molar-refractivity contribution in [1.82, 2.24) is 24.2 Å². The molecule has 5 rings (SSSR count). The number of rotatable bonds is 4. The van der Waals surface area contributed by atoms with E-state index in [1.165, 1.54) is 21.7 Å². The number of para-hydroxylation sites is 2. The number of benzene rings is 2. The summed E-state index contributed by atoms with van der Waals surface area (Å²) in [5.74, 6) is 0.917. The van der Waals surface area contributed by atoms with Crippen molar-refractivity contribution in [3.8, 4) is 5.69 Å². The van der Waals surface area contributed by atoms with Crippen LogP contribution in [0.5, 0.6) is 0 Å². The Balaban J connectivity index is 1.46. The van der Waals surface area contributed by atoms with E-state index in [0.29, 0.717) is 12.7 Å². The van der Waals surface area contributed by atoms with Crippen LogP contribution in [0.2, 0.25) is 0 Å². The predicted octanol–water partition coefficient (Wildman–Crippen LogP) is 5.42. The summed E-state index contributed by atoms with van der Waals surface area (Å²) in [5, 5.41) is 5.98. The molecule has 0 saturated carbocycles. The fourth-order valence-electron chi connectivity index (χ4n) is 4.18. The molecule has 4 aromatic rings. The lowest BCUT2D eigenvalue weighted by atomic mass is 10.2. The highest BCUT2D eigenvalue weighted by atomic mass is 32.1. The topological polar surface area (TPSA) is 38.9 Å². The standard InChI is InChI=1S/C22H23N5S2/c1-15-8-3-5-10-18(15)27-16(2)24-26(22(27)28)14-25-13-7-11-19(25)21-23-17-9-4-6-12-20(17)29-21/h3-6,8-10,12,19H,7,11,13-14H2,1-2H3/t19-/m0/s1. The molecule has 1 atom stereocenters. The highest BCUT2D eigenvalue weighted by Gasteiger charge is 2.29. The highest BCUT2D eigenvalue weighted by Crippen LogP contribution is 2.36. The number of likely N-dealkylation sites (tertiary alicyclic amines) is 1. The minimum Gasteiger partial charge on any atom is -0.275 e. The third-order valence-electron chi connectivity index (χ3n) is 5.63. The first kappa shape index (κ1) is 18.7. The van der Waals surface area contributed by atoms with E-state index in [1.807, 2.05) is 17.7 Å². The van der Waals surface area contributed by atoms with E-state index in [9.17, 15) is 0 Å². The lowest BCUT2D eigenvalue weighted by Gasteiger charge is -2.22. The van der Waals surface area contributed by atoms with E-state index < -0.39 is 0 Å². The molecule has 0 unspecified atom stereocenters. The highest BCUT2D eigenvalue weighted by molar-refractivity contribution is 7.71. The van der Waals surface area contributed by atoms with Crippen LogP contribution in [0.15, 0.2) is 48.5 Å². The molecule has 0 aliphatic carbocycles. The quantitative estimate of drug-likeness (QED) is 0.412. The van der Waals surface area contributed by atoms with Gasteiger partial charge in [0.2, 0.25) is 4.77 Å². The molecule has 0 radical (unpaired) electrons.